The summed E-state index contributed by atoms with van der Waals surface area (Å²) in [6.07, 6.45) is 0. The van der Waals surface area contributed by atoms with Gasteiger partial charge in [-0.3, -0.25) is 4.79 Å². The molecule has 0 heterocycles. The molecule has 0 saturated carbocycles. The molecule has 4 aromatic rings. The summed E-state index contributed by atoms with van der Waals surface area (Å²) in [4.78, 5) is 38.4. The zero-order valence-corrected chi connectivity index (χ0v) is 23.6. The number of hydrogen-bond donors (Lipinski definition) is 0. The standard InChI is InChI=1S/C30H24BrN2O5P/c1-37-29(35)27(34)25-20-21(31)18-19-26(25)32-33-28(30(36)38-2)39(22-12-6-3-7-13-22,23-14-8-4-9-15-23)24-16-10-5-11-17-24/h3-20H,1-2H3. The van der Waals surface area contributed by atoms with Gasteiger partial charge in [0.15, 0.2) is 5.42 Å². The van der Waals surface area contributed by atoms with Crippen molar-refractivity contribution < 1.29 is 23.9 Å². The van der Waals surface area contributed by atoms with Crippen molar-refractivity contribution in [2.24, 2.45) is 10.2 Å². The maximum atomic E-state index is 13.6. The topological polar surface area (TPSA) is 94.4 Å². The molecule has 0 spiro atoms. The molecule has 0 unspecified atom stereocenters. The molecule has 0 aliphatic rings. The van der Waals surface area contributed by atoms with Crippen LogP contribution in [0, 0.1) is 0 Å². The van der Waals surface area contributed by atoms with Crippen molar-refractivity contribution in [1.82, 2.24) is 0 Å². The highest BCUT2D eigenvalue weighted by Gasteiger charge is 2.34. The Kier molecular flexibility index (Phi) is 9.02. The number of methoxy groups -OCH3 is 2. The number of esters is 2. The molecule has 4 rings (SSSR count). The molecule has 0 amide bonds. The van der Waals surface area contributed by atoms with E-state index >= 15 is 0 Å². The number of nitrogens with zero attached hydrogens (tertiary/aromatic N) is 2. The molecule has 0 aromatic heterocycles. The molecule has 0 atom stereocenters. The van der Waals surface area contributed by atoms with Gasteiger partial charge in [-0.15, -0.1) is 10.2 Å². The molecular formula is C30H24BrN2O5P. The van der Waals surface area contributed by atoms with Crippen molar-refractivity contribution in [3.05, 3.63) is 119 Å². The van der Waals surface area contributed by atoms with Crippen molar-refractivity contribution in [1.29, 1.82) is 0 Å². The quantitative estimate of drug-likeness (QED) is 0.0910. The van der Waals surface area contributed by atoms with Gasteiger partial charge in [0.25, 0.3) is 5.78 Å². The van der Waals surface area contributed by atoms with Gasteiger partial charge in [0.05, 0.1) is 25.5 Å². The Morgan fingerprint density at radius 3 is 1.56 bits per heavy atom. The number of ketones is 1. The second-order valence-corrected chi connectivity index (χ2v) is 12.4. The Morgan fingerprint density at radius 2 is 1.13 bits per heavy atom. The highest BCUT2D eigenvalue weighted by molar-refractivity contribution is 9.10. The molecule has 39 heavy (non-hydrogen) atoms. The molecule has 0 aliphatic carbocycles. The number of carbonyl (C=O) groups is 3. The predicted octanol–water partition coefficient (Wildman–Crippen LogP) is 5.19. The molecule has 0 radical (unpaired) electrons. The number of hydrogen-bond acceptors (Lipinski definition) is 6. The Bertz CT molecular complexity index is 1490. The van der Waals surface area contributed by atoms with Gasteiger partial charge in [0.1, 0.15) is 0 Å². The number of benzene rings is 4. The van der Waals surface area contributed by atoms with E-state index in [1.807, 2.05) is 91.0 Å². The normalized spacial score (nSPS) is 11.2. The smallest absolute Gasteiger partial charge is 0.379 e. The van der Waals surface area contributed by atoms with Crippen molar-refractivity contribution in [2.75, 3.05) is 14.2 Å². The van der Waals surface area contributed by atoms with E-state index in [-0.39, 0.29) is 16.7 Å². The lowest BCUT2D eigenvalue weighted by Crippen LogP contribution is -2.33. The lowest BCUT2D eigenvalue weighted by molar-refractivity contribution is -0.135. The summed E-state index contributed by atoms with van der Waals surface area (Å²) in [5.74, 6) is -2.59. The summed E-state index contributed by atoms with van der Waals surface area (Å²) < 4.78 is 10.5. The molecule has 0 N–H and O–H groups in total. The van der Waals surface area contributed by atoms with Crippen LogP contribution in [0.25, 0.3) is 0 Å². The van der Waals surface area contributed by atoms with Crippen LogP contribution in [0.5, 0.6) is 0 Å². The average molecular weight is 603 g/mol. The van der Waals surface area contributed by atoms with E-state index in [4.69, 9.17) is 4.74 Å². The maximum Gasteiger partial charge on any atom is 0.379 e. The summed E-state index contributed by atoms with van der Waals surface area (Å²) in [5.41, 5.74) is 0.155. The van der Waals surface area contributed by atoms with Gasteiger partial charge in [-0.25, -0.2) is 9.59 Å². The van der Waals surface area contributed by atoms with Gasteiger partial charge < -0.3 is 9.47 Å². The molecule has 4 aromatic carbocycles. The molecular weight excluding hydrogens is 579 g/mol. The fourth-order valence-corrected chi connectivity index (χ4v) is 8.58. The SMILES string of the molecule is COC(=O)C(=O)c1cc(Br)ccc1N=NC(C(=O)OC)=P(c1ccccc1)(c1ccccc1)c1ccccc1. The summed E-state index contributed by atoms with van der Waals surface area (Å²) in [6.45, 7) is -2.95. The first-order valence-electron chi connectivity index (χ1n) is 11.8. The van der Waals surface area contributed by atoms with Gasteiger partial charge in [-0.2, -0.15) is 0 Å². The Balaban J connectivity index is 2.14. The fourth-order valence-electron chi connectivity index (χ4n) is 4.19. The summed E-state index contributed by atoms with van der Waals surface area (Å²) in [6, 6.07) is 33.5. The Morgan fingerprint density at radius 1 is 0.667 bits per heavy atom. The van der Waals surface area contributed by atoms with Crippen LogP contribution in [0.4, 0.5) is 5.69 Å². The summed E-state index contributed by atoms with van der Waals surface area (Å²) in [5, 5.41) is 11.5. The minimum Gasteiger partial charge on any atom is -0.464 e. The molecule has 0 aliphatic heterocycles. The molecule has 0 bridgehead atoms. The number of ether oxygens (including phenoxy) is 2. The first-order chi connectivity index (χ1) is 18.9. The van der Waals surface area contributed by atoms with Crippen LogP contribution in [-0.2, 0) is 19.1 Å². The van der Waals surface area contributed by atoms with Crippen molar-refractivity contribution in [3.63, 3.8) is 0 Å². The van der Waals surface area contributed by atoms with E-state index in [0.29, 0.717) is 4.47 Å². The van der Waals surface area contributed by atoms with Crippen LogP contribution >= 0.6 is 22.8 Å². The van der Waals surface area contributed by atoms with Gasteiger partial charge in [-0.05, 0) is 34.1 Å². The van der Waals surface area contributed by atoms with Crippen LogP contribution in [0.3, 0.4) is 0 Å². The summed E-state index contributed by atoms with van der Waals surface area (Å²) >= 11 is 3.32. The van der Waals surface area contributed by atoms with Crippen LogP contribution in [-0.4, -0.2) is 37.4 Å². The zero-order valence-electron chi connectivity index (χ0n) is 21.2. The van der Waals surface area contributed by atoms with Crippen LogP contribution < -0.4 is 15.9 Å². The molecule has 7 nitrogen and oxygen atoms in total. The van der Waals surface area contributed by atoms with Crippen LogP contribution in [0.15, 0.2) is 124 Å². The largest absolute Gasteiger partial charge is 0.464 e. The minimum absolute atomic E-state index is 0.0211. The predicted molar refractivity (Wildman–Crippen MR) is 157 cm³/mol. The highest BCUT2D eigenvalue weighted by Crippen LogP contribution is 2.47. The van der Waals surface area contributed by atoms with Crippen LogP contribution in [0.1, 0.15) is 10.4 Å². The lowest BCUT2D eigenvalue weighted by Gasteiger charge is -2.29. The minimum atomic E-state index is -2.95. The number of azo groups is 1. The van der Waals surface area contributed by atoms with Crippen molar-refractivity contribution in [3.8, 4) is 0 Å². The van der Waals surface area contributed by atoms with Crippen molar-refractivity contribution in [2.45, 2.75) is 0 Å². The summed E-state index contributed by atoms with van der Waals surface area (Å²) in [7, 11) is 2.42. The fraction of sp³-hybridized carbons (Fsp3) is 0.0667. The molecule has 0 saturated heterocycles. The van der Waals surface area contributed by atoms with Gasteiger partial charge in [0.2, 0.25) is 0 Å². The van der Waals surface area contributed by atoms with Gasteiger partial charge in [-0.1, -0.05) is 107 Å². The van der Waals surface area contributed by atoms with Gasteiger partial charge >= 0.3 is 11.9 Å². The Labute approximate surface area is 234 Å². The number of rotatable bonds is 8. The first kappa shape index (κ1) is 27.9. The van der Waals surface area contributed by atoms with Crippen molar-refractivity contribution >= 4 is 67.6 Å². The first-order valence-corrected chi connectivity index (χ1v) is 14.4. The van der Waals surface area contributed by atoms with E-state index in [1.165, 1.54) is 19.2 Å². The third-order valence-corrected chi connectivity index (χ3v) is 10.6. The molecule has 0 fully saturated rings. The Hall–Kier alpha value is -4.13. The van der Waals surface area contributed by atoms with E-state index < -0.39 is 24.6 Å². The monoisotopic (exact) mass is 602 g/mol. The second-order valence-electron chi connectivity index (χ2n) is 8.17. The number of carbonyl (C=O) groups excluding carboxylic acids is 3. The average Bonchev–Trinajstić information content (AvgIpc) is 3.00. The second kappa shape index (κ2) is 12.6. The molecule has 9 heteroatoms. The maximum absolute atomic E-state index is 13.6. The number of Topliss-reactive ketones (excluding diaryl/α,β-unsaturated/α-hetero) is 1. The van der Waals surface area contributed by atoms with E-state index in [1.54, 1.807) is 6.07 Å². The third kappa shape index (κ3) is 5.67. The van der Waals surface area contributed by atoms with E-state index in [9.17, 15) is 14.4 Å². The van der Waals surface area contributed by atoms with Crippen LogP contribution in [0.2, 0.25) is 0 Å². The van der Waals surface area contributed by atoms with E-state index in [2.05, 4.69) is 30.9 Å². The number of halogens is 1. The lowest BCUT2D eigenvalue weighted by atomic mass is 10.1. The highest BCUT2D eigenvalue weighted by atomic mass is 79.9. The third-order valence-electron chi connectivity index (χ3n) is 5.94. The van der Waals surface area contributed by atoms with Gasteiger partial charge in [0, 0.05) is 11.4 Å². The zero-order chi connectivity index (χ0) is 27.8. The van der Waals surface area contributed by atoms with E-state index in [0.717, 1.165) is 23.0 Å². The molecule has 196 valence electrons.